The maximum atomic E-state index is 14.0. The van der Waals surface area contributed by atoms with E-state index in [1.165, 1.54) is 19.3 Å². The van der Waals surface area contributed by atoms with Crippen molar-refractivity contribution < 1.29 is 38.1 Å². The Kier molecular flexibility index (Phi) is 11.9. The van der Waals surface area contributed by atoms with E-state index < -0.39 is 41.9 Å². The normalized spacial score (nSPS) is 25.2. The second-order valence-corrected chi connectivity index (χ2v) is 15.9. The van der Waals surface area contributed by atoms with E-state index in [2.05, 4.69) is 4.90 Å². The maximum absolute atomic E-state index is 14.0. The molecule has 2 fully saturated rings. The topological polar surface area (TPSA) is 123 Å². The number of carboxylic acids is 1. The lowest BCUT2D eigenvalue weighted by atomic mass is 9.88. The molecule has 11 heteroatoms. The van der Waals surface area contributed by atoms with E-state index in [1.54, 1.807) is 48.5 Å². The van der Waals surface area contributed by atoms with Crippen molar-refractivity contribution >= 4 is 25.5 Å². The second-order valence-electron chi connectivity index (χ2n) is 13.0. The Morgan fingerprint density at radius 1 is 0.974 bits per heavy atom. The Hall–Kier alpha value is -1.64. The van der Waals surface area contributed by atoms with Crippen LogP contribution in [0.5, 0.6) is 0 Å². The van der Waals surface area contributed by atoms with Crippen LogP contribution >= 0.6 is 7.37 Å². The summed E-state index contributed by atoms with van der Waals surface area (Å²) in [6.45, 7) is 13.7. The smallest absolute Gasteiger partial charge is 0.419 e. The lowest BCUT2D eigenvalue weighted by molar-refractivity contribution is -0.141. The molecule has 2 amide bonds. The molecule has 0 aromatic rings. The van der Waals surface area contributed by atoms with Gasteiger partial charge in [0.2, 0.25) is 7.37 Å². The standard InChI is InChI=1S/C28H51N2O8P/c1-8-36-39(35)19-18-29(20-22-14-10-9-11-15-22)21-28(39,23(31)32)16-12-13-17-30(24(33)37-26(2,3)4)25(34)38-27(5,6)7/h22H,8-21H2,1-7H3,(H,31,32). The Balaban J connectivity index is 2.17. The molecule has 10 nitrogen and oxygen atoms in total. The number of rotatable bonds is 10. The van der Waals surface area contributed by atoms with Crippen molar-refractivity contribution in [2.24, 2.45) is 5.92 Å². The summed E-state index contributed by atoms with van der Waals surface area (Å²) in [5.41, 5.74) is -1.61. The molecule has 2 atom stereocenters. The van der Waals surface area contributed by atoms with Crippen LogP contribution in [0.3, 0.4) is 0 Å². The fourth-order valence-electron chi connectivity index (χ4n) is 5.48. The molecule has 2 unspecified atom stereocenters. The highest BCUT2D eigenvalue weighted by molar-refractivity contribution is 7.62. The number of amides is 2. The third-order valence-electron chi connectivity index (χ3n) is 7.27. The van der Waals surface area contributed by atoms with Gasteiger partial charge in [-0.05, 0) is 86.5 Å². The Labute approximate surface area is 234 Å². The summed E-state index contributed by atoms with van der Waals surface area (Å²) in [7, 11) is -3.50. The van der Waals surface area contributed by atoms with E-state index in [9.17, 15) is 24.1 Å². The third kappa shape index (κ3) is 9.75. The summed E-state index contributed by atoms with van der Waals surface area (Å²) >= 11 is 0. The van der Waals surface area contributed by atoms with Crippen molar-refractivity contribution in [3.8, 4) is 0 Å². The number of hydrogen-bond donors (Lipinski definition) is 1. The lowest BCUT2D eigenvalue weighted by Crippen LogP contribution is -2.55. The molecule has 1 saturated carbocycles. The largest absolute Gasteiger partial charge is 0.480 e. The fourth-order valence-corrected chi connectivity index (χ4v) is 8.45. The molecule has 0 radical (unpaired) electrons. The minimum absolute atomic E-state index is 0.00967. The first-order valence-electron chi connectivity index (χ1n) is 14.4. The molecule has 1 N–H and O–H groups in total. The Morgan fingerprint density at radius 3 is 2.03 bits per heavy atom. The van der Waals surface area contributed by atoms with Gasteiger partial charge in [-0.25, -0.2) is 14.5 Å². The van der Waals surface area contributed by atoms with E-state index in [0.717, 1.165) is 24.3 Å². The van der Waals surface area contributed by atoms with E-state index in [1.807, 2.05) is 0 Å². The van der Waals surface area contributed by atoms with Gasteiger partial charge >= 0.3 is 18.2 Å². The number of imide groups is 1. The van der Waals surface area contributed by atoms with Gasteiger partial charge in [-0.15, -0.1) is 0 Å². The van der Waals surface area contributed by atoms with Gasteiger partial charge in [-0.2, -0.15) is 0 Å². The molecule has 0 spiro atoms. The van der Waals surface area contributed by atoms with E-state index in [4.69, 9.17) is 14.0 Å². The molecule has 2 aliphatic rings. The van der Waals surface area contributed by atoms with Crippen molar-refractivity contribution in [2.75, 3.05) is 38.9 Å². The van der Waals surface area contributed by atoms with Crippen LogP contribution in [0.25, 0.3) is 0 Å². The van der Waals surface area contributed by atoms with Crippen LogP contribution < -0.4 is 0 Å². The zero-order chi connectivity index (χ0) is 29.5. The van der Waals surface area contributed by atoms with Gasteiger partial charge in [-0.1, -0.05) is 19.3 Å². The molecule has 226 valence electrons. The summed E-state index contributed by atoms with van der Waals surface area (Å²) < 4.78 is 30.6. The van der Waals surface area contributed by atoms with Crippen LogP contribution in [0.4, 0.5) is 9.59 Å². The number of carboxylic acid groups (broad SMARTS) is 1. The van der Waals surface area contributed by atoms with Gasteiger partial charge in [0.15, 0.2) is 5.16 Å². The summed E-state index contributed by atoms with van der Waals surface area (Å²) in [4.78, 5) is 41.5. The number of carbonyl (C=O) groups excluding carboxylic acids is 2. The van der Waals surface area contributed by atoms with E-state index >= 15 is 0 Å². The summed E-state index contributed by atoms with van der Waals surface area (Å²) in [5, 5.41) is 8.95. The van der Waals surface area contributed by atoms with E-state index in [-0.39, 0.29) is 32.3 Å². The number of hydrogen-bond acceptors (Lipinski definition) is 8. The van der Waals surface area contributed by atoms with Gasteiger partial charge in [0.05, 0.1) is 6.61 Å². The lowest BCUT2D eigenvalue weighted by Gasteiger charge is -2.46. The zero-order valence-corrected chi connectivity index (χ0v) is 26.0. The molecule has 39 heavy (non-hydrogen) atoms. The van der Waals surface area contributed by atoms with Crippen molar-refractivity contribution in [1.82, 2.24) is 9.80 Å². The summed E-state index contributed by atoms with van der Waals surface area (Å²) in [5.74, 6) is -0.574. The predicted octanol–water partition coefficient (Wildman–Crippen LogP) is 6.36. The van der Waals surface area contributed by atoms with E-state index in [0.29, 0.717) is 25.3 Å². The Morgan fingerprint density at radius 2 is 1.54 bits per heavy atom. The molecular weight excluding hydrogens is 523 g/mol. The summed E-state index contributed by atoms with van der Waals surface area (Å²) in [6, 6.07) is 0. The predicted molar refractivity (Wildman–Crippen MR) is 151 cm³/mol. The first-order chi connectivity index (χ1) is 18.0. The van der Waals surface area contributed by atoms with Crippen LogP contribution in [0.2, 0.25) is 0 Å². The molecule has 0 bridgehead atoms. The molecule has 1 saturated heterocycles. The number of nitrogens with zero attached hydrogens (tertiary/aromatic N) is 2. The van der Waals surface area contributed by atoms with Gasteiger partial charge in [0.25, 0.3) is 0 Å². The minimum atomic E-state index is -3.50. The van der Waals surface area contributed by atoms with Crippen LogP contribution in [-0.4, -0.2) is 88.4 Å². The number of unbranched alkanes of at least 4 members (excludes halogenated alkanes) is 1. The zero-order valence-electron chi connectivity index (χ0n) is 25.1. The maximum Gasteiger partial charge on any atom is 0.419 e. The molecule has 0 aromatic heterocycles. The quantitative estimate of drug-likeness (QED) is 0.234. The first-order valence-corrected chi connectivity index (χ1v) is 16.3. The minimum Gasteiger partial charge on any atom is -0.480 e. The van der Waals surface area contributed by atoms with Gasteiger partial charge in [-0.3, -0.25) is 9.36 Å². The van der Waals surface area contributed by atoms with Crippen LogP contribution in [0.1, 0.15) is 99.8 Å². The number of carbonyl (C=O) groups is 3. The summed E-state index contributed by atoms with van der Waals surface area (Å²) in [6.07, 6.45) is 5.28. The molecular formula is C28H51N2O8P. The fraction of sp³-hybridized carbons (Fsp3) is 0.893. The molecule has 1 heterocycles. The van der Waals surface area contributed by atoms with Crippen molar-refractivity contribution in [3.05, 3.63) is 0 Å². The highest BCUT2D eigenvalue weighted by Gasteiger charge is 2.58. The van der Waals surface area contributed by atoms with Gasteiger partial charge in [0.1, 0.15) is 11.2 Å². The van der Waals surface area contributed by atoms with Crippen molar-refractivity contribution in [1.29, 1.82) is 0 Å². The van der Waals surface area contributed by atoms with Crippen LogP contribution in [-0.2, 0) is 23.4 Å². The molecule has 1 aliphatic heterocycles. The van der Waals surface area contributed by atoms with Crippen LogP contribution in [0.15, 0.2) is 0 Å². The highest BCUT2D eigenvalue weighted by atomic mass is 31.2. The average molecular weight is 575 g/mol. The van der Waals surface area contributed by atoms with Crippen molar-refractivity contribution in [3.63, 3.8) is 0 Å². The Bertz CT molecular complexity index is 863. The molecule has 1 aliphatic carbocycles. The number of ether oxygens (including phenoxy) is 2. The SMILES string of the molecule is CCOP1(=O)CCN(CC2CCCCC2)CC1(CCCCN(C(=O)OC(C)(C)C)C(=O)OC(C)(C)C)C(=O)O. The third-order valence-corrected chi connectivity index (χ3v) is 10.6. The molecule has 2 rings (SSSR count). The second kappa shape index (κ2) is 13.8. The van der Waals surface area contributed by atoms with Gasteiger partial charge < -0.3 is 24.0 Å². The average Bonchev–Trinajstić information content (AvgIpc) is 2.79. The first kappa shape index (κ1) is 33.6. The monoisotopic (exact) mass is 574 g/mol. The van der Waals surface area contributed by atoms with Gasteiger partial charge in [0, 0.05) is 32.3 Å². The van der Waals surface area contributed by atoms with Crippen molar-refractivity contribution in [2.45, 2.75) is 116 Å². The molecule has 0 aromatic carbocycles. The highest BCUT2D eigenvalue weighted by Crippen LogP contribution is 2.63. The van der Waals surface area contributed by atoms with Crippen LogP contribution in [0, 0.1) is 5.92 Å². The number of aliphatic carboxylic acids is 1.